The number of nitrogens with one attached hydrogen (secondary N) is 1. The number of anilines is 1. The third kappa shape index (κ3) is 4.03. The molecule has 2 amide bonds. The van der Waals surface area contributed by atoms with Crippen molar-refractivity contribution in [2.75, 3.05) is 18.9 Å². The van der Waals surface area contributed by atoms with Gasteiger partial charge in [0, 0.05) is 18.9 Å². The highest BCUT2D eigenvalue weighted by atomic mass is 32.1. The molecule has 0 unspecified atom stereocenters. The minimum absolute atomic E-state index is 0.0478. The second-order valence-corrected chi connectivity index (χ2v) is 7.78. The van der Waals surface area contributed by atoms with Gasteiger partial charge < -0.3 is 4.90 Å². The molecule has 122 valence electrons. The summed E-state index contributed by atoms with van der Waals surface area (Å²) in [6.45, 7) is 6.24. The van der Waals surface area contributed by atoms with E-state index in [-0.39, 0.29) is 23.8 Å². The molecular weight excluding hydrogens is 300 g/mol. The van der Waals surface area contributed by atoms with E-state index in [1.54, 1.807) is 7.05 Å². The first kappa shape index (κ1) is 16.9. The van der Waals surface area contributed by atoms with Gasteiger partial charge in [0.15, 0.2) is 0 Å². The number of carbonyl (C=O) groups excluding carboxylic acids is 2. The van der Waals surface area contributed by atoms with Crippen LogP contribution >= 0.6 is 11.3 Å². The number of carbonyl (C=O) groups is 2. The predicted molar refractivity (Wildman–Crippen MR) is 86.7 cm³/mol. The Kier molecular flexibility index (Phi) is 5.16. The fourth-order valence-electron chi connectivity index (χ4n) is 2.56. The maximum absolute atomic E-state index is 12.3. The molecule has 6 nitrogen and oxygen atoms in total. The maximum atomic E-state index is 12.3. The Hall–Kier alpha value is -1.50. The van der Waals surface area contributed by atoms with Crippen LogP contribution in [0.3, 0.4) is 0 Å². The van der Waals surface area contributed by atoms with Crippen LogP contribution in [0, 0.1) is 11.3 Å². The van der Waals surface area contributed by atoms with Gasteiger partial charge in [-0.05, 0) is 18.8 Å². The number of hydrogen-bond donors (Lipinski definition) is 1. The van der Waals surface area contributed by atoms with Gasteiger partial charge in [-0.3, -0.25) is 14.9 Å². The molecule has 0 spiro atoms. The number of likely N-dealkylation sites (N-methyl/N-ethyl adjacent to an activating group) is 1. The summed E-state index contributed by atoms with van der Waals surface area (Å²) >= 11 is 1.39. The summed E-state index contributed by atoms with van der Waals surface area (Å²) in [5, 5.41) is 12.2. The summed E-state index contributed by atoms with van der Waals surface area (Å²) in [6.07, 6.45) is 3.76. The minimum atomic E-state index is -0.276. The Morgan fingerprint density at radius 2 is 2.05 bits per heavy atom. The molecule has 0 atom stereocenters. The lowest BCUT2D eigenvalue weighted by Crippen LogP contribution is -2.46. The first-order chi connectivity index (χ1) is 10.3. The highest BCUT2D eigenvalue weighted by Gasteiger charge is 2.41. The zero-order valence-corrected chi connectivity index (χ0v) is 14.5. The molecule has 2 rings (SSSR count). The summed E-state index contributed by atoms with van der Waals surface area (Å²) in [6, 6.07) is 0. The van der Waals surface area contributed by atoms with Gasteiger partial charge in [-0.1, -0.05) is 38.5 Å². The Morgan fingerprint density at radius 3 is 2.59 bits per heavy atom. The molecule has 0 aliphatic heterocycles. The van der Waals surface area contributed by atoms with Crippen molar-refractivity contribution >= 4 is 28.3 Å². The highest BCUT2D eigenvalue weighted by Crippen LogP contribution is 2.41. The van der Waals surface area contributed by atoms with Crippen molar-refractivity contribution in [2.24, 2.45) is 11.3 Å². The fourth-order valence-corrected chi connectivity index (χ4v) is 3.53. The lowest BCUT2D eigenvalue weighted by atomic mass is 9.69. The van der Waals surface area contributed by atoms with E-state index >= 15 is 0 Å². The van der Waals surface area contributed by atoms with Crippen LogP contribution < -0.4 is 5.32 Å². The summed E-state index contributed by atoms with van der Waals surface area (Å²) in [7, 11) is 1.68. The van der Waals surface area contributed by atoms with E-state index in [1.807, 2.05) is 6.92 Å². The molecule has 1 aliphatic rings. The zero-order chi connectivity index (χ0) is 16.3. The highest BCUT2D eigenvalue weighted by molar-refractivity contribution is 7.15. The quantitative estimate of drug-likeness (QED) is 0.871. The van der Waals surface area contributed by atoms with Crippen LogP contribution in [0.4, 0.5) is 5.13 Å². The molecule has 1 aromatic rings. The molecule has 1 heterocycles. The number of aromatic nitrogens is 2. The first-order valence-corrected chi connectivity index (χ1v) is 8.49. The lowest BCUT2D eigenvalue weighted by Gasteiger charge is -2.39. The van der Waals surface area contributed by atoms with Crippen molar-refractivity contribution in [2.45, 2.75) is 46.5 Å². The third-order valence-electron chi connectivity index (χ3n) is 4.00. The second-order valence-electron chi connectivity index (χ2n) is 6.72. The van der Waals surface area contributed by atoms with E-state index in [0.29, 0.717) is 11.0 Å². The van der Waals surface area contributed by atoms with Crippen LogP contribution in [0.2, 0.25) is 0 Å². The van der Waals surface area contributed by atoms with Gasteiger partial charge in [0.1, 0.15) is 5.01 Å². The molecule has 1 fully saturated rings. The Labute approximate surface area is 135 Å². The van der Waals surface area contributed by atoms with E-state index in [9.17, 15) is 9.59 Å². The average Bonchev–Trinajstić information content (AvgIpc) is 2.81. The van der Waals surface area contributed by atoms with Crippen molar-refractivity contribution in [3.63, 3.8) is 0 Å². The number of nitrogens with zero attached hydrogens (tertiary/aromatic N) is 3. The van der Waals surface area contributed by atoms with Crippen LogP contribution in [0.25, 0.3) is 0 Å². The molecule has 0 saturated heterocycles. The topological polar surface area (TPSA) is 75.2 Å². The summed E-state index contributed by atoms with van der Waals surface area (Å²) in [4.78, 5) is 25.8. The average molecular weight is 324 g/mol. The molecule has 1 N–H and O–H groups in total. The first-order valence-electron chi connectivity index (χ1n) is 7.68. The molecule has 7 heteroatoms. The smallest absolute Gasteiger partial charge is 0.245 e. The molecule has 1 aromatic heterocycles. The number of rotatable bonds is 6. The van der Waals surface area contributed by atoms with Crippen molar-refractivity contribution in [1.29, 1.82) is 0 Å². The third-order valence-corrected chi connectivity index (χ3v) is 4.86. The van der Waals surface area contributed by atoms with E-state index in [0.717, 1.165) is 30.7 Å². The largest absolute Gasteiger partial charge is 0.336 e. The predicted octanol–water partition coefficient (Wildman–Crippen LogP) is 2.32. The van der Waals surface area contributed by atoms with Crippen molar-refractivity contribution in [1.82, 2.24) is 15.1 Å². The standard InChI is InChI=1S/C15H24N4O2S/c1-10(2)8-12-17-18-14(22-12)16-11(20)9-19(4)13(21)15(3)6-5-7-15/h10H,5-9H2,1-4H3,(H,16,18,20). The lowest BCUT2D eigenvalue weighted by molar-refractivity contribution is -0.146. The Morgan fingerprint density at radius 1 is 1.36 bits per heavy atom. The van der Waals surface area contributed by atoms with Crippen molar-refractivity contribution in [3.8, 4) is 0 Å². The van der Waals surface area contributed by atoms with Crippen LogP contribution in [0.5, 0.6) is 0 Å². The summed E-state index contributed by atoms with van der Waals surface area (Å²) in [5.41, 5.74) is -0.276. The Bertz CT molecular complexity index is 551. The van der Waals surface area contributed by atoms with Gasteiger partial charge in [0.05, 0.1) is 6.54 Å². The monoisotopic (exact) mass is 324 g/mol. The normalized spacial score (nSPS) is 16.2. The second kappa shape index (κ2) is 6.73. The molecule has 1 aliphatic carbocycles. The number of hydrogen-bond acceptors (Lipinski definition) is 5. The van der Waals surface area contributed by atoms with Crippen molar-refractivity contribution < 1.29 is 9.59 Å². The van der Waals surface area contributed by atoms with Crippen LogP contribution in [-0.4, -0.2) is 40.5 Å². The van der Waals surface area contributed by atoms with Gasteiger partial charge in [-0.25, -0.2) is 0 Å². The van der Waals surface area contributed by atoms with E-state index in [4.69, 9.17) is 0 Å². The molecular formula is C15H24N4O2S. The van der Waals surface area contributed by atoms with Crippen molar-refractivity contribution in [3.05, 3.63) is 5.01 Å². The molecule has 0 bridgehead atoms. The van der Waals surface area contributed by atoms with Gasteiger partial charge in [-0.15, -0.1) is 10.2 Å². The van der Waals surface area contributed by atoms with Gasteiger partial charge in [-0.2, -0.15) is 0 Å². The number of amides is 2. The SMILES string of the molecule is CC(C)Cc1nnc(NC(=O)CN(C)C(=O)C2(C)CCC2)s1. The molecule has 1 saturated carbocycles. The van der Waals surface area contributed by atoms with Crippen LogP contribution in [0.1, 0.15) is 45.0 Å². The van der Waals surface area contributed by atoms with E-state index in [1.165, 1.54) is 16.2 Å². The summed E-state index contributed by atoms with van der Waals surface area (Å²) < 4.78 is 0. The Balaban J connectivity index is 1.84. The zero-order valence-electron chi connectivity index (χ0n) is 13.7. The van der Waals surface area contributed by atoms with Crippen LogP contribution in [-0.2, 0) is 16.0 Å². The minimum Gasteiger partial charge on any atom is -0.336 e. The molecule has 22 heavy (non-hydrogen) atoms. The van der Waals surface area contributed by atoms with Gasteiger partial charge in [0.25, 0.3) is 0 Å². The van der Waals surface area contributed by atoms with E-state index < -0.39 is 0 Å². The van der Waals surface area contributed by atoms with Crippen LogP contribution in [0.15, 0.2) is 0 Å². The summed E-state index contributed by atoms with van der Waals surface area (Å²) in [5.74, 6) is 0.321. The molecule has 0 radical (unpaired) electrons. The molecule has 0 aromatic carbocycles. The fraction of sp³-hybridized carbons (Fsp3) is 0.733. The van der Waals surface area contributed by atoms with E-state index in [2.05, 4.69) is 29.4 Å². The van der Waals surface area contributed by atoms with Gasteiger partial charge >= 0.3 is 0 Å². The maximum Gasteiger partial charge on any atom is 0.245 e. The van der Waals surface area contributed by atoms with Gasteiger partial charge in [0.2, 0.25) is 16.9 Å².